The van der Waals surface area contributed by atoms with Gasteiger partial charge in [0.1, 0.15) is 5.52 Å². The average Bonchev–Trinajstić information content (AvgIpc) is 2.79. The number of nitrogens with one attached hydrogen (secondary N) is 1. The Bertz CT molecular complexity index is 1330. The lowest BCUT2D eigenvalue weighted by atomic mass is 10.00. The van der Waals surface area contributed by atoms with Gasteiger partial charge in [-0.1, -0.05) is 79.7 Å². The Morgan fingerprint density at radius 1 is 1.03 bits per heavy atom. The number of nitrogens with two attached hydrogens (primary N) is 1. The number of aromatic amines is 1. The fourth-order valence-electron chi connectivity index (χ4n) is 3.39. The molecule has 7 nitrogen and oxygen atoms in total. The molecule has 2 aromatic carbocycles. The molecule has 158 valence electrons. The van der Waals surface area contributed by atoms with E-state index in [2.05, 4.69) is 21.9 Å². The van der Waals surface area contributed by atoms with Crippen molar-refractivity contribution in [2.45, 2.75) is 31.5 Å². The lowest BCUT2D eigenvalue weighted by molar-refractivity contribution is 0.755. The Morgan fingerprint density at radius 3 is 2.55 bits per heavy atom. The Labute approximate surface area is 183 Å². The van der Waals surface area contributed by atoms with E-state index in [-0.39, 0.29) is 17.9 Å². The highest BCUT2D eigenvalue weighted by Crippen LogP contribution is 2.25. The number of hydrogen-bond donors (Lipinski definition) is 2. The molecule has 2 heterocycles. The second-order valence-electron chi connectivity index (χ2n) is 7.16. The zero-order chi connectivity index (χ0) is 21.8. The van der Waals surface area contributed by atoms with Crippen molar-refractivity contribution in [2.75, 3.05) is 11.5 Å². The Balaban J connectivity index is 1.85. The van der Waals surface area contributed by atoms with Gasteiger partial charge in [0.25, 0.3) is 0 Å². The summed E-state index contributed by atoms with van der Waals surface area (Å²) in [6.45, 7) is 2.31. The van der Waals surface area contributed by atoms with Gasteiger partial charge in [-0.25, -0.2) is 9.97 Å². The van der Waals surface area contributed by atoms with Gasteiger partial charge < -0.3 is 10.7 Å². The quantitative estimate of drug-likeness (QED) is 0.199. The van der Waals surface area contributed by atoms with Gasteiger partial charge in [0, 0.05) is 5.75 Å². The molecule has 0 atom stereocenters. The first kappa shape index (κ1) is 20.9. The van der Waals surface area contributed by atoms with Gasteiger partial charge in [-0.3, -0.25) is 14.2 Å². The van der Waals surface area contributed by atoms with Crippen LogP contribution in [-0.2, 0) is 6.54 Å². The maximum Gasteiger partial charge on any atom is 0.318 e. The summed E-state index contributed by atoms with van der Waals surface area (Å²) in [6, 6.07) is 17.7. The molecule has 8 heteroatoms. The van der Waals surface area contributed by atoms with Gasteiger partial charge >= 0.3 is 11.1 Å². The van der Waals surface area contributed by atoms with Crippen LogP contribution in [0.2, 0.25) is 0 Å². The molecule has 4 rings (SSSR count). The number of nitrogens with zero attached hydrogens (tertiary/aromatic N) is 3. The first-order chi connectivity index (χ1) is 15.1. The van der Waals surface area contributed by atoms with Crippen molar-refractivity contribution in [3.05, 3.63) is 80.9 Å². The SMILES string of the molecule is CCCCSc1nc(N)c2[nH]c(=O)c(=O)n(Cc3ccccc3-c3ccccc3)c2n1. The van der Waals surface area contributed by atoms with Crippen LogP contribution in [-0.4, -0.2) is 25.3 Å². The average molecular weight is 434 g/mol. The van der Waals surface area contributed by atoms with Crippen LogP contribution in [0.4, 0.5) is 5.82 Å². The molecule has 0 fully saturated rings. The molecule has 0 unspecified atom stereocenters. The summed E-state index contributed by atoms with van der Waals surface area (Å²) in [5.74, 6) is 1.01. The van der Waals surface area contributed by atoms with E-state index >= 15 is 0 Å². The zero-order valence-corrected chi connectivity index (χ0v) is 18.0. The van der Waals surface area contributed by atoms with Crippen LogP contribution < -0.4 is 16.9 Å². The highest BCUT2D eigenvalue weighted by Gasteiger charge is 2.16. The van der Waals surface area contributed by atoms with Crippen molar-refractivity contribution in [1.82, 2.24) is 19.5 Å². The van der Waals surface area contributed by atoms with Crippen LogP contribution in [0.25, 0.3) is 22.3 Å². The number of aromatic nitrogens is 4. The second-order valence-corrected chi connectivity index (χ2v) is 8.22. The van der Waals surface area contributed by atoms with Gasteiger partial charge in [-0.15, -0.1) is 0 Å². The fraction of sp³-hybridized carbons (Fsp3) is 0.217. The van der Waals surface area contributed by atoms with E-state index in [1.807, 2.05) is 54.6 Å². The Morgan fingerprint density at radius 2 is 1.77 bits per heavy atom. The number of rotatable bonds is 7. The minimum absolute atomic E-state index is 0.159. The summed E-state index contributed by atoms with van der Waals surface area (Å²) in [4.78, 5) is 36.6. The smallest absolute Gasteiger partial charge is 0.318 e. The van der Waals surface area contributed by atoms with Crippen LogP contribution >= 0.6 is 11.8 Å². The van der Waals surface area contributed by atoms with Crippen LogP contribution in [0.15, 0.2) is 69.3 Å². The van der Waals surface area contributed by atoms with Crippen molar-refractivity contribution in [1.29, 1.82) is 0 Å². The maximum absolute atomic E-state index is 12.8. The monoisotopic (exact) mass is 433 g/mol. The van der Waals surface area contributed by atoms with Crippen LogP contribution in [0, 0.1) is 0 Å². The van der Waals surface area contributed by atoms with Gasteiger partial charge in [-0.05, 0) is 23.1 Å². The van der Waals surface area contributed by atoms with E-state index < -0.39 is 11.1 Å². The van der Waals surface area contributed by atoms with Gasteiger partial charge in [0.15, 0.2) is 16.6 Å². The Kier molecular flexibility index (Phi) is 6.18. The van der Waals surface area contributed by atoms with E-state index in [1.165, 1.54) is 16.3 Å². The standard InChI is InChI=1S/C23H23N5O2S/c1-2-3-13-31-23-26-19(24)18-20(27-23)28(22(30)21(29)25-18)14-16-11-7-8-12-17(16)15-9-5-4-6-10-15/h4-12H,2-3,13-14H2,1H3,(H,25,29)(H2,24,26,27). The topological polar surface area (TPSA) is 107 Å². The number of H-pyrrole nitrogens is 1. The number of benzene rings is 2. The van der Waals surface area contributed by atoms with Gasteiger partial charge in [-0.2, -0.15) is 0 Å². The normalized spacial score (nSPS) is 11.1. The Hall–Kier alpha value is -3.39. The third kappa shape index (κ3) is 4.39. The summed E-state index contributed by atoms with van der Waals surface area (Å²) < 4.78 is 1.39. The third-order valence-corrected chi connectivity index (χ3v) is 5.92. The largest absolute Gasteiger partial charge is 0.382 e. The number of unbranched alkanes of at least 4 members (excludes halogenated alkanes) is 1. The van der Waals surface area contributed by atoms with Crippen LogP contribution in [0.1, 0.15) is 25.3 Å². The number of nitrogen functional groups attached to an aromatic ring is 1. The molecular weight excluding hydrogens is 410 g/mol. The van der Waals surface area contributed by atoms with Crippen LogP contribution in [0.3, 0.4) is 0 Å². The molecule has 0 aliphatic carbocycles. The molecule has 4 aromatic rings. The van der Waals surface area contributed by atoms with Crippen molar-refractivity contribution in [3.8, 4) is 11.1 Å². The summed E-state index contributed by atoms with van der Waals surface area (Å²) in [5.41, 5.74) is 8.24. The summed E-state index contributed by atoms with van der Waals surface area (Å²) >= 11 is 1.49. The van der Waals surface area contributed by atoms with Crippen LogP contribution in [0.5, 0.6) is 0 Å². The second kappa shape index (κ2) is 9.18. The van der Waals surface area contributed by atoms with E-state index in [1.54, 1.807) is 0 Å². The molecule has 31 heavy (non-hydrogen) atoms. The molecule has 0 aliphatic heterocycles. The molecule has 0 radical (unpaired) electrons. The molecule has 0 saturated heterocycles. The predicted molar refractivity (Wildman–Crippen MR) is 125 cm³/mol. The first-order valence-corrected chi connectivity index (χ1v) is 11.1. The first-order valence-electron chi connectivity index (χ1n) is 10.1. The molecule has 3 N–H and O–H groups in total. The third-order valence-electron chi connectivity index (χ3n) is 4.99. The van der Waals surface area contributed by atoms with Crippen molar-refractivity contribution in [2.24, 2.45) is 0 Å². The molecule has 0 bridgehead atoms. The molecule has 0 aliphatic rings. The van der Waals surface area contributed by atoms with Crippen molar-refractivity contribution >= 4 is 28.7 Å². The minimum atomic E-state index is -0.744. The highest BCUT2D eigenvalue weighted by atomic mass is 32.2. The van der Waals surface area contributed by atoms with E-state index in [0.717, 1.165) is 35.3 Å². The zero-order valence-electron chi connectivity index (χ0n) is 17.2. The summed E-state index contributed by atoms with van der Waals surface area (Å²) in [7, 11) is 0. The number of thioether (sulfide) groups is 1. The van der Waals surface area contributed by atoms with Crippen molar-refractivity contribution < 1.29 is 0 Å². The summed E-state index contributed by atoms with van der Waals surface area (Å²) in [5, 5.41) is 0.495. The van der Waals surface area contributed by atoms with E-state index in [9.17, 15) is 9.59 Å². The predicted octanol–water partition coefficient (Wildman–Crippen LogP) is 3.67. The minimum Gasteiger partial charge on any atom is -0.382 e. The molecule has 0 spiro atoms. The van der Waals surface area contributed by atoms with E-state index in [0.29, 0.717) is 10.8 Å². The number of anilines is 1. The lowest BCUT2D eigenvalue weighted by Gasteiger charge is -2.14. The van der Waals surface area contributed by atoms with E-state index in [4.69, 9.17) is 5.73 Å². The molecule has 2 aromatic heterocycles. The van der Waals surface area contributed by atoms with Crippen molar-refractivity contribution in [3.63, 3.8) is 0 Å². The molecule has 0 amide bonds. The highest BCUT2D eigenvalue weighted by molar-refractivity contribution is 7.99. The number of hydrogen-bond acceptors (Lipinski definition) is 6. The fourth-order valence-corrected chi connectivity index (χ4v) is 4.32. The molecule has 0 saturated carbocycles. The maximum atomic E-state index is 12.8. The van der Waals surface area contributed by atoms with Gasteiger partial charge in [0.05, 0.1) is 6.54 Å². The summed E-state index contributed by atoms with van der Waals surface area (Å²) in [6.07, 6.45) is 2.08. The van der Waals surface area contributed by atoms with Gasteiger partial charge in [0.2, 0.25) is 0 Å². The molecular formula is C23H23N5O2S. The lowest BCUT2D eigenvalue weighted by Crippen LogP contribution is -2.37. The number of fused-ring (bicyclic) bond motifs is 1.